The maximum atomic E-state index is 5.37. The molecule has 2 aliphatic rings. The van der Waals surface area contributed by atoms with Crippen LogP contribution in [0.5, 0.6) is 5.75 Å². The predicted octanol–water partition coefficient (Wildman–Crippen LogP) is 3.63. The number of ether oxygens (including phenoxy) is 1. The van der Waals surface area contributed by atoms with Gasteiger partial charge in [0.1, 0.15) is 5.75 Å². The fourth-order valence-corrected chi connectivity index (χ4v) is 3.51. The van der Waals surface area contributed by atoms with E-state index in [9.17, 15) is 0 Å². The number of rotatable bonds is 5. The Hall–Kier alpha value is -1.81. The van der Waals surface area contributed by atoms with Gasteiger partial charge in [-0.3, -0.25) is 10.00 Å². The van der Waals surface area contributed by atoms with Gasteiger partial charge in [0.05, 0.1) is 12.8 Å². The van der Waals surface area contributed by atoms with Crippen molar-refractivity contribution >= 4 is 0 Å². The summed E-state index contributed by atoms with van der Waals surface area (Å²) in [7, 11) is 1.73. The first-order valence-electron chi connectivity index (χ1n) is 8.25. The van der Waals surface area contributed by atoms with E-state index < -0.39 is 0 Å². The molecule has 1 aromatic heterocycles. The minimum Gasteiger partial charge on any atom is -0.497 e. The largest absolute Gasteiger partial charge is 0.497 e. The number of benzene rings is 1. The average Bonchev–Trinajstić information content (AvgIpc) is 3.13. The van der Waals surface area contributed by atoms with Gasteiger partial charge >= 0.3 is 0 Å². The third-order valence-electron chi connectivity index (χ3n) is 4.86. The van der Waals surface area contributed by atoms with Crippen LogP contribution in [0.25, 0.3) is 0 Å². The van der Waals surface area contributed by atoms with Gasteiger partial charge < -0.3 is 4.74 Å². The van der Waals surface area contributed by atoms with E-state index in [1.807, 2.05) is 6.07 Å². The predicted molar refractivity (Wildman–Crippen MR) is 85.9 cm³/mol. The van der Waals surface area contributed by atoms with E-state index in [-0.39, 0.29) is 0 Å². The van der Waals surface area contributed by atoms with E-state index in [4.69, 9.17) is 4.74 Å². The molecule has 0 radical (unpaired) electrons. The molecule has 1 atom stereocenters. The summed E-state index contributed by atoms with van der Waals surface area (Å²) in [6, 6.07) is 11.2. The van der Waals surface area contributed by atoms with E-state index >= 15 is 0 Å². The zero-order valence-corrected chi connectivity index (χ0v) is 13.1. The Labute approximate surface area is 131 Å². The molecule has 1 aromatic carbocycles. The lowest BCUT2D eigenvalue weighted by Crippen LogP contribution is -2.23. The fourth-order valence-electron chi connectivity index (χ4n) is 3.51. The molecule has 1 aliphatic carbocycles. The number of aromatic nitrogens is 2. The van der Waals surface area contributed by atoms with Gasteiger partial charge in [-0.25, -0.2) is 0 Å². The van der Waals surface area contributed by atoms with Crippen LogP contribution >= 0.6 is 0 Å². The number of H-pyrrole nitrogens is 1. The second kappa shape index (κ2) is 5.76. The van der Waals surface area contributed by atoms with E-state index in [1.54, 1.807) is 7.11 Å². The third-order valence-corrected chi connectivity index (χ3v) is 4.86. The summed E-state index contributed by atoms with van der Waals surface area (Å²) in [6.07, 6.45) is 5.09. The summed E-state index contributed by atoms with van der Waals surface area (Å²) in [4.78, 5) is 2.55. The van der Waals surface area contributed by atoms with E-state index in [0.717, 1.165) is 24.8 Å². The molecule has 4 heteroatoms. The highest BCUT2D eigenvalue weighted by molar-refractivity contribution is 5.31. The molecule has 2 fully saturated rings. The Kier molecular flexibility index (Phi) is 3.62. The molecular weight excluding hydrogens is 274 g/mol. The number of hydrogen-bond donors (Lipinski definition) is 1. The molecule has 22 heavy (non-hydrogen) atoms. The van der Waals surface area contributed by atoms with Crippen LogP contribution in [0.15, 0.2) is 30.3 Å². The van der Waals surface area contributed by atoms with Crippen molar-refractivity contribution in [2.75, 3.05) is 13.7 Å². The van der Waals surface area contributed by atoms with Crippen LogP contribution in [0.2, 0.25) is 0 Å². The molecule has 2 heterocycles. The van der Waals surface area contributed by atoms with Crippen LogP contribution in [0.3, 0.4) is 0 Å². The van der Waals surface area contributed by atoms with E-state index in [2.05, 4.69) is 39.4 Å². The average molecular weight is 297 g/mol. The zero-order valence-electron chi connectivity index (χ0n) is 13.1. The summed E-state index contributed by atoms with van der Waals surface area (Å²) in [5.74, 6) is 1.67. The molecule has 2 aromatic rings. The van der Waals surface area contributed by atoms with Crippen molar-refractivity contribution in [3.05, 3.63) is 47.3 Å². The van der Waals surface area contributed by atoms with Gasteiger partial charge in [0.2, 0.25) is 0 Å². The molecular formula is C18H23N3O. The SMILES string of the molecule is COc1cccc([C@H]2CCCN2Cc2cc(C3CC3)n[nH]2)c1. The van der Waals surface area contributed by atoms with E-state index in [0.29, 0.717) is 6.04 Å². The Morgan fingerprint density at radius 3 is 3.00 bits per heavy atom. The minimum absolute atomic E-state index is 0.489. The van der Waals surface area contributed by atoms with Crippen LogP contribution < -0.4 is 4.74 Å². The van der Waals surface area contributed by atoms with Crippen molar-refractivity contribution in [3.8, 4) is 5.75 Å². The number of likely N-dealkylation sites (tertiary alicyclic amines) is 1. The maximum Gasteiger partial charge on any atom is 0.119 e. The number of hydrogen-bond acceptors (Lipinski definition) is 3. The molecule has 116 valence electrons. The second-order valence-corrected chi connectivity index (χ2v) is 6.50. The lowest BCUT2D eigenvalue weighted by atomic mass is 10.0. The second-order valence-electron chi connectivity index (χ2n) is 6.50. The molecule has 1 aliphatic heterocycles. The van der Waals surface area contributed by atoms with Crippen LogP contribution in [-0.4, -0.2) is 28.8 Å². The molecule has 4 nitrogen and oxygen atoms in total. The Morgan fingerprint density at radius 1 is 1.27 bits per heavy atom. The molecule has 0 spiro atoms. The van der Waals surface area contributed by atoms with Gasteiger partial charge in [-0.05, 0) is 56.0 Å². The Bertz CT molecular complexity index is 647. The third kappa shape index (κ3) is 2.75. The monoisotopic (exact) mass is 297 g/mol. The van der Waals surface area contributed by atoms with Crippen molar-refractivity contribution in [1.82, 2.24) is 15.1 Å². The van der Waals surface area contributed by atoms with E-state index in [1.165, 1.54) is 42.6 Å². The van der Waals surface area contributed by atoms with Crippen molar-refractivity contribution in [3.63, 3.8) is 0 Å². The quantitative estimate of drug-likeness (QED) is 0.916. The highest BCUT2D eigenvalue weighted by atomic mass is 16.5. The number of nitrogens with zero attached hydrogens (tertiary/aromatic N) is 2. The Balaban J connectivity index is 1.49. The van der Waals surface area contributed by atoms with Crippen molar-refractivity contribution in [1.29, 1.82) is 0 Å². The van der Waals surface area contributed by atoms with Crippen LogP contribution in [0.1, 0.15) is 54.6 Å². The van der Waals surface area contributed by atoms with Gasteiger partial charge in [-0.15, -0.1) is 0 Å². The van der Waals surface area contributed by atoms with Gasteiger partial charge in [0.15, 0.2) is 0 Å². The van der Waals surface area contributed by atoms with Crippen LogP contribution in [0.4, 0.5) is 0 Å². The van der Waals surface area contributed by atoms with Crippen LogP contribution in [-0.2, 0) is 6.54 Å². The van der Waals surface area contributed by atoms with Crippen molar-refractivity contribution in [2.45, 2.75) is 44.2 Å². The number of nitrogens with one attached hydrogen (secondary N) is 1. The zero-order chi connectivity index (χ0) is 14.9. The molecule has 1 saturated heterocycles. The highest BCUT2D eigenvalue weighted by Crippen LogP contribution is 2.39. The first-order chi connectivity index (χ1) is 10.8. The van der Waals surface area contributed by atoms with Gasteiger partial charge in [-0.2, -0.15) is 5.10 Å². The molecule has 0 amide bonds. The van der Waals surface area contributed by atoms with Gasteiger partial charge in [-0.1, -0.05) is 12.1 Å². The maximum absolute atomic E-state index is 5.37. The lowest BCUT2D eigenvalue weighted by Gasteiger charge is -2.24. The summed E-state index contributed by atoms with van der Waals surface area (Å²) in [6.45, 7) is 2.11. The normalized spacial score (nSPS) is 22.1. The summed E-state index contributed by atoms with van der Waals surface area (Å²) in [5.41, 5.74) is 3.86. The first kappa shape index (κ1) is 13.8. The molecule has 0 bridgehead atoms. The lowest BCUT2D eigenvalue weighted by molar-refractivity contribution is 0.245. The highest BCUT2D eigenvalue weighted by Gasteiger charge is 2.29. The van der Waals surface area contributed by atoms with Gasteiger partial charge in [0, 0.05) is 24.2 Å². The van der Waals surface area contributed by atoms with Crippen molar-refractivity contribution < 1.29 is 4.74 Å². The number of aromatic amines is 1. The molecule has 1 saturated carbocycles. The summed E-state index contributed by atoms with van der Waals surface area (Å²) < 4.78 is 5.37. The van der Waals surface area contributed by atoms with Crippen LogP contribution in [0, 0.1) is 0 Å². The number of methoxy groups -OCH3 is 1. The first-order valence-corrected chi connectivity index (χ1v) is 8.25. The minimum atomic E-state index is 0.489. The molecule has 4 rings (SSSR count). The summed E-state index contributed by atoms with van der Waals surface area (Å²) in [5, 5.41) is 7.71. The standard InChI is InChI=1S/C18H23N3O/c1-22-16-5-2-4-14(10-16)18-6-3-9-21(18)12-15-11-17(20-19-15)13-7-8-13/h2,4-5,10-11,13,18H,3,6-9,12H2,1H3,(H,19,20)/t18-/m1/s1. The van der Waals surface area contributed by atoms with Crippen molar-refractivity contribution in [2.24, 2.45) is 0 Å². The Morgan fingerprint density at radius 2 is 2.18 bits per heavy atom. The smallest absolute Gasteiger partial charge is 0.119 e. The van der Waals surface area contributed by atoms with Gasteiger partial charge in [0.25, 0.3) is 0 Å². The molecule has 1 N–H and O–H groups in total. The summed E-state index contributed by atoms with van der Waals surface area (Å²) >= 11 is 0. The topological polar surface area (TPSA) is 41.1 Å². The fraction of sp³-hybridized carbons (Fsp3) is 0.500. The molecule has 0 unspecified atom stereocenters.